The second-order valence-corrected chi connectivity index (χ2v) is 12.3. The van der Waals surface area contributed by atoms with Gasteiger partial charge in [0.05, 0.1) is 0 Å². The molecule has 0 aliphatic heterocycles. The Labute approximate surface area is 215 Å². The predicted octanol–water partition coefficient (Wildman–Crippen LogP) is 11.1. The number of benzene rings is 2. The second kappa shape index (κ2) is 10.1. The maximum Gasteiger partial charge on any atom is 0.00664 e. The van der Waals surface area contributed by atoms with E-state index in [9.17, 15) is 0 Å². The summed E-state index contributed by atoms with van der Waals surface area (Å²) in [6.45, 7) is 23.5. The molecule has 0 N–H and O–H groups in total. The predicted molar refractivity (Wildman–Crippen MR) is 156 cm³/mol. The average molecular weight is 469 g/mol. The van der Waals surface area contributed by atoms with Crippen molar-refractivity contribution in [3.05, 3.63) is 79.9 Å². The van der Waals surface area contributed by atoms with Crippen LogP contribution in [0.4, 0.5) is 0 Å². The van der Waals surface area contributed by atoms with Crippen molar-refractivity contribution in [1.82, 2.24) is 0 Å². The molecule has 35 heavy (non-hydrogen) atoms. The van der Waals surface area contributed by atoms with Crippen molar-refractivity contribution < 1.29 is 0 Å². The van der Waals surface area contributed by atoms with Crippen LogP contribution in [-0.2, 0) is 0 Å². The standard InChI is InChI=1S/C35H48/c1-11-24-13-32-28(22(7)8)15-26(20(3)4)17-34(32)30(24)19-31-25(12-2)14-33-29(23(9)10)16-27(21(5)6)18-35(31)33/h13-18,20-23,30-31H,11-12,19H2,1-10H3. The van der Waals surface area contributed by atoms with Gasteiger partial charge in [0.2, 0.25) is 0 Å². The summed E-state index contributed by atoms with van der Waals surface area (Å²) in [5, 5.41) is 0. The van der Waals surface area contributed by atoms with E-state index in [-0.39, 0.29) is 0 Å². The molecule has 0 radical (unpaired) electrons. The molecule has 0 heteroatoms. The van der Waals surface area contributed by atoms with Crippen molar-refractivity contribution >= 4 is 12.2 Å². The highest BCUT2D eigenvalue weighted by Gasteiger charge is 2.34. The molecule has 0 nitrogen and oxygen atoms in total. The first kappa shape index (κ1) is 26.0. The molecule has 0 aromatic heterocycles. The van der Waals surface area contributed by atoms with Crippen molar-refractivity contribution in [1.29, 1.82) is 0 Å². The summed E-state index contributed by atoms with van der Waals surface area (Å²) in [5.74, 6) is 3.28. The minimum atomic E-state index is 0.530. The van der Waals surface area contributed by atoms with Crippen LogP contribution in [0, 0.1) is 0 Å². The molecule has 0 heterocycles. The lowest BCUT2D eigenvalue weighted by Crippen LogP contribution is -2.10. The fourth-order valence-electron chi connectivity index (χ4n) is 6.44. The summed E-state index contributed by atoms with van der Waals surface area (Å²) < 4.78 is 0. The van der Waals surface area contributed by atoms with Gasteiger partial charge in [0.15, 0.2) is 0 Å². The number of rotatable bonds is 8. The summed E-state index contributed by atoms with van der Waals surface area (Å²) in [6, 6.07) is 10.1. The lowest BCUT2D eigenvalue weighted by atomic mass is 9.78. The lowest BCUT2D eigenvalue weighted by Gasteiger charge is -2.26. The molecule has 188 valence electrons. The van der Waals surface area contributed by atoms with Crippen LogP contribution >= 0.6 is 0 Å². The molecule has 4 rings (SSSR count). The highest BCUT2D eigenvalue weighted by atomic mass is 14.4. The molecule has 0 spiro atoms. The largest absolute Gasteiger partial charge is 0.0623 e. The summed E-state index contributed by atoms with van der Waals surface area (Å²) in [6.07, 6.45) is 8.62. The van der Waals surface area contributed by atoms with Crippen molar-refractivity contribution in [2.75, 3.05) is 0 Å². The van der Waals surface area contributed by atoms with E-state index in [1.807, 2.05) is 0 Å². The summed E-state index contributed by atoms with van der Waals surface area (Å²) >= 11 is 0. The normalized spacial score (nSPS) is 19.1. The van der Waals surface area contributed by atoms with Crippen LogP contribution in [0.3, 0.4) is 0 Å². The van der Waals surface area contributed by atoms with Crippen LogP contribution in [0.1, 0.15) is 169 Å². The first-order valence-electron chi connectivity index (χ1n) is 14.3. The third-order valence-electron chi connectivity index (χ3n) is 8.70. The molecule has 0 fully saturated rings. The van der Waals surface area contributed by atoms with Gasteiger partial charge in [-0.15, -0.1) is 0 Å². The van der Waals surface area contributed by atoms with Crippen molar-refractivity contribution in [3.63, 3.8) is 0 Å². The Morgan fingerprint density at radius 1 is 0.543 bits per heavy atom. The van der Waals surface area contributed by atoms with Gasteiger partial charge in [-0.05, 0) is 87.4 Å². The van der Waals surface area contributed by atoms with Crippen molar-refractivity contribution in [2.45, 2.75) is 124 Å². The van der Waals surface area contributed by atoms with Gasteiger partial charge in [0.1, 0.15) is 0 Å². The maximum absolute atomic E-state index is 2.56. The minimum Gasteiger partial charge on any atom is -0.0623 e. The minimum absolute atomic E-state index is 0.530. The summed E-state index contributed by atoms with van der Waals surface area (Å²) in [5.41, 5.74) is 15.6. The third kappa shape index (κ3) is 4.71. The second-order valence-electron chi connectivity index (χ2n) is 12.3. The van der Waals surface area contributed by atoms with Gasteiger partial charge in [-0.3, -0.25) is 0 Å². The van der Waals surface area contributed by atoms with Gasteiger partial charge < -0.3 is 0 Å². The molecule has 0 amide bonds. The summed E-state index contributed by atoms with van der Waals surface area (Å²) in [4.78, 5) is 0. The molecule has 2 aliphatic carbocycles. The Balaban J connectivity index is 1.84. The number of allylic oxidation sites excluding steroid dienone is 2. The van der Waals surface area contributed by atoms with Gasteiger partial charge in [0.25, 0.3) is 0 Å². The van der Waals surface area contributed by atoms with Gasteiger partial charge in [0, 0.05) is 11.8 Å². The molecule has 2 aromatic rings. The molecule has 2 atom stereocenters. The first-order chi connectivity index (χ1) is 16.6. The Morgan fingerprint density at radius 3 is 1.20 bits per heavy atom. The fraction of sp³-hybridized carbons (Fsp3) is 0.543. The smallest absolute Gasteiger partial charge is 0.00664 e. The molecule has 2 unspecified atom stereocenters. The summed E-state index contributed by atoms with van der Waals surface area (Å²) in [7, 11) is 0. The first-order valence-corrected chi connectivity index (χ1v) is 14.3. The van der Waals surface area contributed by atoms with E-state index in [1.165, 1.54) is 28.7 Å². The zero-order chi connectivity index (χ0) is 25.6. The van der Waals surface area contributed by atoms with Crippen LogP contribution in [-0.4, -0.2) is 0 Å². The molecule has 0 bridgehead atoms. The van der Waals surface area contributed by atoms with Crippen molar-refractivity contribution in [3.8, 4) is 0 Å². The monoisotopic (exact) mass is 468 g/mol. The quantitative estimate of drug-likeness (QED) is 0.361. The number of hydrogen-bond donors (Lipinski definition) is 0. The number of fused-ring (bicyclic) bond motifs is 2. The zero-order valence-electron chi connectivity index (χ0n) is 24.0. The third-order valence-corrected chi connectivity index (χ3v) is 8.70. The van der Waals surface area contributed by atoms with Crippen molar-refractivity contribution in [2.24, 2.45) is 0 Å². The van der Waals surface area contributed by atoms with E-state index in [2.05, 4.69) is 106 Å². The maximum atomic E-state index is 2.56. The average Bonchev–Trinajstić information content (AvgIpc) is 3.35. The van der Waals surface area contributed by atoms with Crippen LogP contribution in [0.5, 0.6) is 0 Å². The lowest BCUT2D eigenvalue weighted by molar-refractivity contribution is 0.617. The topological polar surface area (TPSA) is 0 Å². The van der Waals surface area contributed by atoms with Crippen LogP contribution < -0.4 is 0 Å². The Bertz CT molecular complexity index is 1060. The van der Waals surface area contributed by atoms with E-state index in [1.54, 1.807) is 33.4 Å². The van der Waals surface area contributed by atoms with E-state index in [0.29, 0.717) is 35.5 Å². The Morgan fingerprint density at radius 2 is 0.914 bits per heavy atom. The van der Waals surface area contributed by atoms with Gasteiger partial charge in [-0.2, -0.15) is 0 Å². The SMILES string of the molecule is CCC1=Cc2c(C(C)C)cc(C(C)C)cc2C1CC1C(CC)=Cc2c(C(C)C)cc(C(C)C)cc21. The molecule has 2 aromatic carbocycles. The van der Waals surface area contributed by atoms with Gasteiger partial charge >= 0.3 is 0 Å². The fourth-order valence-corrected chi connectivity index (χ4v) is 6.44. The molecule has 0 saturated carbocycles. The zero-order valence-corrected chi connectivity index (χ0v) is 24.0. The molecule has 2 aliphatic rings. The molecular formula is C35H48. The Hall–Kier alpha value is -2.08. The molecular weight excluding hydrogens is 420 g/mol. The van der Waals surface area contributed by atoms with Crippen LogP contribution in [0.25, 0.3) is 12.2 Å². The highest BCUT2D eigenvalue weighted by Crippen LogP contribution is 2.52. The van der Waals surface area contributed by atoms with E-state index < -0.39 is 0 Å². The molecule has 0 saturated heterocycles. The van der Waals surface area contributed by atoms with E-state index in [0.717, 1.165) is 12.8 Å². The van der Waals surface area contributed by atoms with Crippen LogP contribution in [0.15, 0.2) is 35.4 Å². The van der Waals surface area contributed by atoms with Crippen LogP contribution in [0.2, 0.25) is 0 Å². The van der Waals surface area contributed by atoms with E-state index in [4.69, 9.17) is 0 Å². The highest BCUT2D eigenvalue weighted by molar-refractivity contribution is 5.73. The van der Waals surface area contributed by atoms with E-state index >= 15 is 0 Å². The Kier molecular flexibility index (Phi) is 7.51. The number of hydrogen-bond acceptors (Lipinski definition) is 0. The van der Waals surface area contributed by atoms with Gasteiger partial charge in [-0.1, -0.05) is 117 Å². The van der Waals surface area contributed by atoms with Gasteiger partial charge in [-0.25, -0.2) is 0 Å².